The Bertz CT molecular complexity index is 58.7. The first-order valence-electron chi connectivity index (χ1n) is 2.54. The molecule has 3 heteroatoms. The van der Waals surface area contributed by atoms with Gasteiger partial charge in [-0.05, 0) is 6.42 Å². The van der Waals surface area contributed by atoms with Crippen molar-refractivity contribution in [3.63, 3.8) is 0 Å². The number of rotatable bonds is 0. The highest BCUT2D eigenvalue weighted by Crippen LogP contribution is 2.09. The number of hydrogen-bond donors (Lipinski definition) is 1. The lowest BCUT2D eigenvalue weighted by atomic mass is 10.3. The molecule has 1 heterocycles. The van der Waals surface area contributed by atoms with E-state index in [1.165, 1.54) is 0 Å². The lowest BCUT2D eigenvalue weighted by Gasteiger charge is -2.03. The molecule has 0 radical (unpaired) electrons. The summed E-state index contributed by atoms with van der Waals surface area (Å²) in [4.78, 5) is 0. The molecule has 7 heavy (non-hydrogen) atoms. The minimum Gasteiger partial charge on any atom is -0.326 e. The quantitative estimate of drug-likeness (QED) is 0.447. The van der Waals surface area contributed by atoms with E-state index < -0.39 is 0 Å². The highest BCUT2D eigenvalue weighted by molar-refractivity contribution is 7.13. The molecule has 1 rings (SSSR count). The van der Waals surface area contributed by atoms with Gasteiger partial charge in [-0.3, -0.25) is 4.67 Å². The Labute approximate surface area is 46.3 Å². The third-order valence-electron chi connectivity index (χ3n) is 1.26. The minimum absolute atomic E-state index is 0.428. The van der Waals surface area contributed by atoms with Crippen molar-refractivity contribution in [1.29, 1.82) is 0 Å². The van der Waals surface area contributed by atoms with Gasteiger partial charge in [0.15, 0.2) is 0 Å². The van der Waals surface area contributed by atoms with Crippen molar-refractivity contribution >= 4 is 9.39 Å². The summed E-state index contributed by atoms with van der Waals surface area (Å²) < 4.78 is 2.17. The Morgan fingerprint density at radius 3 is 2.57 bits per heavy atom. The van der Waals surface area contributed by atoms with Gasteiger partial charge in [-0.1, -0.05) is 9.39 Å². The van der Waals surface area contributed by atoms with E-state index in [2.05, 4.69) is 14.1 Å². The summed E-state index contributed by atoms with van der Waals surface area (Å²) in [6.45, 7) is 2.19. The SMILES string of the molecule is N[C@H]1CCN(P)C1. The Kier molecular flexibility index (Phi) is 1.63. The van der Waals surface area contributed by atoms with Crippen LogP contribution in [0.15, 0.2) is 0 Å². The molecule has 1 unspecified atom stereocenters. The molecule has 0 spiro atoms. The largest absolute Gasteiger partial charge is 0.326 e. The topological polar surface area (TPSA) is 29.3 Å². The zero-order valence-electron chi connectivity index (χ0n) is 4.30. The number of hydrogen-bond acceptors (Lipinski definition) is 2. The molecule has 0 aliphatic carbocycles. The maximum Gasteiger partial charge on any atom is 0.0183 e. The summed E-state index contributed by atoms with van der Waals surface area (Å²) in [6.07, 6.45) is 1.16. The second kappa shape index (κ2) is 2.08. The number of nitrogens with two attached hydrogens (primary N) is 1. The fourth-order valence-electron chi connectivity index (χ4n) is 0.815. The van der Waals surface area contributed by atoms with Crippen LogP contribution in [-0.2, 0) is 0 Å². The maximum absolute atomic E-state index is 5.57. The van der Waals surface area contributed by atoms with Gasteiger partial charge in [-0.25, -0.2) is 0 Å². The van der Waals surface area contributed by atoms with Gasteiger partial charge >= 0.3 is 0 Å². The van der Waals surface area contributed by atoms with E-state index in [4.69, 9.17) is 5.73 Å². The number of nitrogens with zero attached hydrogens (tertiary/aromatic N) is 1. The monoisotopic (exact) mass is 118 g/mol. The lowest BCUT2D eigenvalue weighted by molar-refractivity contribution is 0.572. The van der Waals surface area contributed by atoms with Gasteiger partial charge in [0.25, 0.3) is 0 Å². The normalized spacial score (nSPS) is 34.3. The molecule has 0 aromatic heterocycles. The Balaban J connectivity index is 2.26. The van der Waals surface area contributed by atoms with Crippen molar-refractivity contribution < 1.29 is 0 Å². The summed E-state index contributed by atoms with van der Waals surface area (Å²) in [5.41, 5.74) is 5.57. The fraction of sp³-hybridized carbons (Fsp3) is 1.00. The standard InChI is InChI=1S/C4H11N2P/c5-4-1-2-6(7)3-4/h4H,1-3,5,7H2/t4-/m0/s1. The Morgan fingerprint density at radius 1 is 1.71 bits per heavy atom. The molecule has 1 fully saturated rings. The van der Waals surface area contributed by atoms with Crippen molar-refractivity contribution in [1.82, 2.24) is 4.67 Å². The van der Waals surface area contributed by atoms with Gasteiger partial charge < -0.3 is 5.73 Å². The van der Waals surface area contributed by atoms with Crippen LogP contribution in [0.5, 0.6) is 0 Å². The highest BCUT2D eigenvalue weighted by atomic mass is 31.0. The summed E-state index contributed by atoms with van der Waals surface area (Å²) in [7, 11) is 2.65. The van der Waals surface area contributed by atoms with Gasteiger partial charge in [0.05, 0.1) is 0 Å². The zero-order valence-corrected chi connectivity index (χ0v) is 5.46. The van der Waals surface area contributed by atoms with Crippen LogP contribution in [0.3, 0.4) is 0 Å². The van der Waals surface area contributed by atoms with Gasteiger partial charge in [-0.2, -0.15) is 0 Å². The van der Waals surface area contributed by atoms with E-state index in [0.717, 1.165) is 19.5 Å². The first-order chi connectivity index (χ1) is 3.29. The van der Waals surface area contributed by atoms with Gasteiger partial charge in [0, 0.05) is 19.1 Å². The second-order valence-corrected chi connectivity index (χ2v) is 2.77. The molecule has 42 valence electrons. The van der Waals surface area contributed by atoms with Crippen LogP contribution >= 0.6 is 9.39 Å². The van der Waals surface area contributed by atoms with Crippen molar-refractivity contribution in [2.45, 2.75) is 12.5 Å². The zero-order chi connectivity index (χ0) is 5.28. The molecule has 0 aromatic rings. The predicted molar refractivity (Wildman–Crippen MR) is 33.9 cm³/mol. The Morgan fingerprint density at radius 2 is 2.43 bits per heavy atom. The van der Waals surface area contributed by atoms with Crippen molar-refractivity contribution in [3.05, 3.63) is 0 Å². The Hall–Kier alpha value is 0.350. The average Bonchev–Trinajstić information content (AvgIpc) is 1.87. The van der Waals surface area contributed by atoms with Crippen molar-refractivity contribution in [2.75, 3.05) is 13.1 Å². The lowest BCUT2D eigenvalue weighted by Crippen LogP contribution is -2.21. The third kappa shape index (κ3) is 1.37. The molecule has 2 nitrogen and oxygen atoms in total. The molecule has 1 saturated heterocycles. The van der Waals surface area contributed by atoms with Crippen LogP contribution in [0.25, 0.3) is 0 Å². The van der Waals surface area contributed by atoms with Crippen molar-refractivity contribution in [3.8, 4) is 0 Å². The summed E-state index contributed by atoms with van der Waals surface area (Å²) in [6, 6.07) is 0.428. The van der Waals surface area contributed by atoms with Crippen LogP contribution in [-0.4, -0.2) is 23.8 Å². The molecule has 0 amide bonds. The van der Waals surface area contributed by atoms with E-state index in [0.29, 0.717) is 6.04 Å². The van der Waals surface area contributed by atoms with Crippen LogP contribution in [0, 0.1) is 0 Å². The first kappa shape index (κ1) is 5.49. The molecular weight excluding hydrogens is 107 g/mol. The van der Waals surface area contributed by atoms with E-state index in [9.17, 15) is 0 Å². The van der Waals surface area contributed by atoms with Gasteiger partial charge in [0.2, 0.25) is 0 Å². The average molecular weight is 118 g/mol. The predicted octanol–water partition coefficient (Wildman–Crippen LogP) is -0.191. The summed E-state index contributed by atoms with van der Waals surface area (Å²) >= 11 is 0. The highest BCUT2D eigenvalue weighted by Gasteiger charge is 2.13. The molecule has 2 atom stereocenters. The fourth-order valence-corrected chi connectivity index (χ4v) is 1.24. The molecule has 2 N–H and O–H groups in total. The minimum atomic E-state index is 0.428. The van der Waals surface area contributed by atoms with Crippen LogP contribution in [0.2, 0.25) is 0 Å². The van der Waals surface area contributed by atoms with E-state index in [1.54, 1.807) is 0 Å². The van der Waals surface area contributed by atoms with Crippen LogP contribution < -0.4 is 5.73 Å². The van der Waals surface area contributed by atoms with Gasteiger partial charge in [-0.15, -0.1) is 0 Å². The summed E-state index contributed by atoms with van der Waals surface area (Å²) in [5.74, 6) is 0. The molecule has 0 bridgehead atoms. The smallest absolute Gasteiger partial charge is 0.0183 e. The summed E-state index contributed by atoms with van der Waals surface area (Å²) in [5, 5.41) is 0. The van der Waals surface area contributed by atoms with E-state index >= 15 is 0 Å². The second-order valence-electron chi connectivity index (χ2n) is 2.04. The molecule has 1 aliphatic rings. The molecular formula is C4H11N2P. The maximum atomic E-state index is 5.57. The first-order valence-corrected chi connectivity index (χ1v) is 3.06. The van der Waals surface area contributed by atoms with Crippen LogP contribution in [0.4, 0.5) is 0 Å². The van der Waals surface area contributed by atoms with E-state index in [-0.39, 0.29) is 0 Å². The molecule has 1 aliphatic heterocycles. The van der Waals surface area contributed by atoms with Gasteiger partial charge in [0.1, 0.15) is 0 Å². The van der Waals surface area contributed by atoms with E-state index in [1.807, 2.05) is 0 Å². The molecule has 0 aromatic carbocycles. The third-order valence-corrected chi connectivity index (χ3v) is 1.73. The van der Waals surface area contributed by atoms with Crippen LogP contribution in [0.1, 0.15) is 6.42 Å². The molecule has 0 saturated carbocycles. The van der Waals surface area contributed by atoms with Crippen molar-refractivity contribution in [2.24, 2.45) is 5.73 Å².